The lowest BCUT2D eigenvalue weighted by Gasteiger charge is -2.23. The number of carbonyl (C=O) groups is 1. The first kappa shape index (κ1) is 9.04. The predicted molar refractivity (Wildman–Crippen MR) is 49.8 cm³/mol. The van der Waals surface area contributed by atoms with Crippen LogP contribution in [0.4, 0.5) is 0 Å². The fourth-order valence-corrected chi connectivity index (χ4v) is 1.73. The molecular formula is C10H6ClNO2. The lowest BCUT2D eigenvalue weighted by molar-refractivity contribution is -0.138. The molecule has 3 nitrogen and oxygen atoms in total. The summed E-state index contributed by atoms with van der Waals surface area (Å²) in [5, 5.41) is 8.11. The Balaban J connectivity index is 2.50. The van der Waals surface area contributed by atoms with Gasteiger partial charge in [0.15, 0.2) is 5.92 Å². The molecule has 0 N–H and O–H groups in total. The van der Waals surface area contributed by atoms with Crippen LogP contribution in [0.3, 0.4) is 0 Å². The van der Waals surface area contributed by atoms with Gasteiger partial charge in [0.25, 0.3) is 0 Å². The molecular weight excluding hydrogens is 202 g/mol. The molecule has 1 aliphatic heterocycles. The van der Waals surface area contributed by atoms with Gasteiger partial charge < -0.3 is 4.74 Å². The predicted octanol–water partition coefficient (Wildman–Crippen LogP) is 2.03. The van der Waals surface area contributed by atoms with E-state index in [0.717, 1.165) is 0 Å². The van der Waals surface area contributed by atoms with Crippen LogP contribution in [0.2, 0.25) is 0 Å². The van der Waals surface area contributed by atoms with Crippen LogP contribution in [0.15, 0.2) is 24.3 Å². The fourth-order valence-electron chi connectivity index (χ4n) is 1.39. The summed E-state index contributed by atoms with van der Waals surface area (Å²) in [5.74, 6) is -1.04. The maximum absolute atomic E-state index is 11.3. The first-order valence-electron chi connectivity index (χ1n) is 4.08. The highest BCUT2D eigenvalue weighted by Gasteiger charge is 2.36. The number of nitriles is 1. The van der Waals surface area contributed by atoms with Gasteiger partial charge in [0.1, 0.15) is 5.75 Å². The smallest absolute Gasteiger partial charge is 0.330 e. The number of rotatable bonds is 0. The number of halogens is 1. The highest BCUT2D eigenvalue weighted by atomic mass is 35.5. The average Bonchev–Trinajstić information content (AvgIpc) is 2.18. The molecule has 1 heterocycles. The molecule has 2 atom stereocenters. The van der Waals surface area contributed by atoms with Gasteiger partial charge in [-0.2, -0.15) is 5.26 Å². The Morgan fingerprint density at radius 2 is 2.14 bits per heavy atom. The van der Waals surface area contributed by atoms with Crippen molar-refractivity contribution in [1.82, 2.24) is 0 Å². The van der Waals surface area contributed by atoms with Gasteiger partial charge in [0.2, 0.25) is 0 Å². The summed E-state index contributed by atoms with van der Waals surface area (Å²) >= 11 is 5.98. The van der Waals surface area contributed by atoms with Crippen molar-refractivity contribution >= 4 is 17.6 Å². The first-order valence-corrected chi connectivity index (χ1v) is 4.52. The number of carbonyl (C=O) groups excluding carboxylic acids is 1. The molecule has 1 aromatic rings. The van der Waals surface area contributed by atoms with Crippen LogP contribution in [-0.2, 0) is 4.79 Å². The molecule has 2 rings (SSSR count). The Morgan fingerprint density at radius 3 is 2.86 bits per heavy atom. The van der Waals surface area contributed by atoms with Crippen LogP contribution in [0, 0.1) is 17.2 Å². The lowest BCUT2D eigenvalue weighted by Crippen LogP contribution is -2.28. The summed E-state index contributed by atoms with van der Waals surface area (Å²) in [4.78, 5) is 11.3. The number of benzene rings is 1. The number of alkyl halides is 1. The van der Waals surface area contributed by atoms with E-state index in [2.05, 4.69) is 0 Å². The largest absolute Gasteiger partial charge is 0.425 e. The third kappa shape index (κ3) is 1.24. The standard InChI is InChI=1S/C10H6ClNO2/c11-9-6-3-1-2-4-8(6)14-10(13)7(9)5-12/h1-4,7,9H. The molecule has 0 aromatic heterocycles. The maximum atomic E-state index is 11.3. The van der Waals surface area contributed by atoms with E-state index >= 15 is 0 Å². The van der Waals surface area contributed by atoms with E-state index in [1.807, 2.05) is 6.07 Å². The highest BCUT2D eigenvalue weighted by Crippen LogP contribution is 2.39. The van der Waals surface area contributed by atoms with Crippen LogP contribution in [0.25, 0.3) is 0 Å². The van der Waals surface area contributed by atoms with Crippen molar-refractivity contribution < 1.29 is 9.53 Å². The van der Waals surface area contributed by atoms with Crippen molar-refractivity contribution in [2.24, 2.45) is 5.92 Å². The average molecular weight is 208 g/mol. The summed E-state index contributed by atoms with van der Waals surface area (Å²) in [7, 11) is 0. The topological polar surface area (TPSA) is 50.1 Å². The number of hydrogen-bond acceptors (Lipinski definition) is 3. The van der Waals surface area contributed by atoms with Crippen LogP contribution in [-0.4, -0.2) is 5.97 Å². The third-order valence-electron chi connectivity index (χ3n) is 2.11. The lowest BCUT2D eigenvalue weighted by atomic mass is 9.97. The second-order valence-electron chi connectivity index (χ2n) is 2.97. The van der Waals surface area contributed by atoms with Crippen molar-refractivity contribution in [2.45, 2.75) is 5.38 Å². The number of esters is 1. The molecule has 0 radical (unpaired) electrons. The summed E-state index contributed by atoms with van der Waals surface area (Å²) in [5.41, 5.74) is 0.695. The van der Waals surface area contributed by atoms with Crippen LogP contribution < -0.4 is 4.74 Å². The van der Waals surface area contributed by atoms with Gasteiger partial charge in [-0.25, -0.2) is 0 Å². The molecule has 0 saturated carbocycles. The van der Waals surface area contributed by atoms with Gasteiger partial charge in [0, 0.05) is 5.56 Å². The van der Waals surface area contributed by atoms with E-state index in [-0.39, 0.29) is 0 Å². The quantitative estimate of drug-likeness (QED) is 0.372. The second-order valence-corrected chi connectivity index (χ2v) is 3.44. The molecule has 0 aliphatic carbocycles. The summed E-state index contributed by atoms with van der Waals surface area (Å²) in [6.07, 6.45) is 0. The molecule has 4 heteroatoms. The minimum atomic E-state index is -0.911. The summed E-state index contributed by atoms with van der Waals surface area (Å²) < 4.78 is 4.96. The molecule has 0 saturated heterocycles. The van der Waals surface area contributed by atoms with E-state index in [9.17, 15) is 4.79 Å². The van der Waals surface area contributed by atoms with Gasteiger partial charge in [-0.1, -0.05) is 18.2 Å². The number of hydrogen-bond donors (Lipinski definition) is 0. The van der Waals surface area contributed by atoms with E-state index in [1.54, 1.807) is 24.3 Å². The molecule has 0 spiro atoms. The van der Waals surface area contributed by atoms with Crippen molar-refractivity contribution in [3.05, 3.63) is 29.8 Å². The van der Waals surface area contributed by atoms with Gasteiger partial charge in [-0.05, 0) is 6.07 Å². The third-order valence-corrected chi connectivity index (χ3v) is 2.60. The zero-order valence-corrected chi connectivity index (χ0v) is 7.86. The Labute approximate surface area is 85.9 Å². The molecule has 1 aromatic carbocycles. The van der Waals surface area contributed by atoms with Crippen molar-refractivity contribution in [1.29, 1.82) is 5.26 Å². The van der Waals surface area contributed by atoms with Gasteiger partial charge in [-0.15, -0.1) is 11.6 Å². The number of para-hydroxylation sites is 1. The molecule has 70 valence electrons. The van der Waals surface area contributed by atoms with Crippen LogP contribution in [0.1, 0.15) is 10.9 Å². The minimum Gasteiger partial charge on any atom is -0.425 e. The minimum absolute atomic E-state index is 0.448. The highest BCUT2D eigenvalue weighted by molar-refractivity contribution is 6.23. The summed E-state index contributed by atoms with van der Waals surface area (Å²) in [6, 6.07) is 8.80. The normalized spacial score (nSPS) is 24.7. The van der Waals surface area contributed by atoms with E-state index < -0.39 is 17.3 Å². The molecule has 2 unspecified atom stereocenters. The van der Waals surface area contributed by atoms with Crippen molar-refractivity contribution in [3.63, 3.8) is 0 Å². The van der Waals surface area contributed by atoms with Crippen LogP contribution >= 0.6 is 11.6 Å². The van der Waals surface area contributed by atoms with Crippen LogP contribution in [0.5, 0.6) is 5.75 Å². The number of nitrogens with zero attached hydrogens (tertiary/aromatic N) is 1. The molecule has 14 heavy (non-hydrogen) atoms. The molecule has 1 aliphatic rings. The fraction of sp³-hybridized carbons (Fsp3) is 0.200. The Bertz CT molecular complexity index is 424. The van der Waals surface area contributed by atoms with Gasteiger partial charge in [0.05, 0.1) is 11.4 Å². The van der Waals surface area contributed by atoms with E-state index in [1.165, 1.54) is 0 Å². The summed E-state index contributed by atoms with van der Waals surface area (Å²) in [6.45, 7) is 0. The zero-order valence-electron chi connectivity index (χ0n) is 7.11. The second kappa shape index (κ2) is 3.32. The van der Waals surface area contributed by atoms with Gasteiger partial charge >= 0.3 is 5.97 Å². The zero-order chi connectivity index (χ0) is 10.1. The molecule has 0 fully saturated rings. The van der Waals surface area contributed by atoms with Crippen molar-refractivity contribution in [3.8, 4) is 11.8 Å². The maximum Gasteiger partial charge on any atom is 0.330 e. The molecule has 0 bridgehead atoms. The first-order chi connectivity index (χ1) is 6.74. The molecule has 0 amide bonds. The number of ether oxygens (including phenoxy) is 1. The monoisotopic (exact) mass is 207 g/mol. The Kier molecular flexibility index (Phi) is 2.14. The Hall–Kier alpha value is -1.53. The Morgan fingerprint density at radius 1 is 1.43 bits per heavy atom. The van der Waals surface area contributed by atoms with E-state index in [0.29, 0.717) is 11.3 Å². The van der Waals surface area contributed by atoms with Gasteiger partial charge in [-0.3, -0.25) is 4.79 Å². The SMILES string of the molecule is N#CC1C(=O)Oc2ccccc2C1Cl. The van der Waals surface area contributed by atoms with E-state index in [4.69, 9.17) is 21.6 Å². The number of fused-ring (bicyclic) bond motifs is 1. The van der Waals surface area contributed by atoms with Crippen molar-refractivity contribution in [2.75, 3.05) is 0 Å².